The van der Waals surface area contributed by atoms with Gasteiger partial charge in [-0.15, -0.1) is 11.3 Å². The number of hydrogen-bond donors (Lipinski definition) is 1. The molecule has 3 saturated heterocycles. The van der Waals surface area contributed by atoms with Gasteiger partial charge >= 0.3 is 6.01 Å². The zero-order chi connectivity index (χ0) is 32.4. The second-order valence-electron chi connectivity index (χ2n) is 13.9. The van der Waals surface area contributed by atoms with Crippen molar-refractivity contribution >= 4 is 51.2 Å². The van der Waals surface area contributed by atoms with Crippen molar-refractivity contribution in [1.82, 2.24) is 25.2 Å². The van der Waals surface area contributed by atoms with Crippen LogP contribution in [0.25, 0.3) is 22.3 Å². The molecule has 5 atom stereocenters. The van der Waals surface area contributed by atoms with E-state index in [1.165, 1.54) is 0 Å². The predicted molar refractivity (Wildman–Crippen MR) is 177 cm³/mol. The molecule has 2 bridgehead atoms. The van der Waals surface area contributed by atoms with Crippen LogP contribution in [0.5, 0.6) is 6.01 Å². The van der Waals surface area contributed by atoms with Crippen molar-refractivity contribution in [2.24, 2.45) is 10.4 Å². The second-order valence-corrected chi connectivity index (χ2v) is 14.9. The molecule has 10 nitrogen and oxygen atoms in total. The fourth-order valence-corrected chi connectivity index (χ4v) is 8.69. The first-order chi connectivity index (χ1) is 22.7. The molecule has 13 heteroatoms. The molecule has 2 aliphatic carbocycles. The third-order valence-electron chi connectivity index (χ3n) is 10.4. The highest BCUT2D eigenvalue weighted by Gasteiger charge is 2.46. The Bertz CT molecular complexity index is 1910. The molecular formula is C34H38F2N8O2S. The van der Waals surface area contributed by atoms with Crippen molar-refractivity contribution in [2.75, 3.05) is 44.3 Å². The topological polar surface area (TPSA) is 112 Å². The number of fused-ring (bicyclic) bond motifs is 4. The van der Waals surface area contributed by atoms with E-state index in [-0.39, 0.29) is 33.0 Å². The van der Waals surface area contributed by atoms with Crippen LogP contribution in [0, 0.1) is 16.7 Å². The summed E-state index contributed by atoms with van der Waals surface area (Å²) >= 11 is 0.937. The summed E-state index contributed by atoms with van der Waals surface area (Å²) in [5.74, 6) is -0.115. The Labute approximate surface area is 275 Å². The van der Waals surface area contributed by atoms with Gasteiger partial charge in [0.25, 0.3) is 0 Å². The second kappa shape index (κ2) is 11.8. The molecule has 0 aromatic carbocycles. The van der Waals surface area contributed by atoms with E-state index >= 15 is 8.78 Å². The number of pyridine rings is 1. The highest BCUT2D eigenvalue weighted by Crippen LogP contribution is 2.47. The summed E-state index contributed by atoms with van der Waals surface area (Å²) in [6, 6.07) is 5.37. The Balaban J connectivity index is 1.18. The molecule has 1 saturated carbocycles. The molecule has 4 fully saturated rings. The molecular weight excluding hydrogens is 622 g/mol. The van der Waals surface area contributed by atoms with E-state index in [0.717, 1.165) is 81.0 Å². The number of nitriles is 1. The van der Waals surface area contributed by atoms with Crippen molar-refractivity contribution in [3.05, 3.63) is 33.3 Å². The fraction of sp³-hybridized carbons (Fsp3) is 0.559. The van der Waals surface area contributed by atoms with E-state index in [4.69, 9.17) is 24.4 Å². The lowest BCUT2D eigenvalue weighted by atomic mass is 9.96. The van der Waals surface area contributed by atoms with Crippen molar-refractivity contribution in [1.29, 1.82) is 5.26 Å². The van der Waals surface area contributed by atoms with Gasteiger partial charge in [0, 0.05) is 67.6 Å². The van der Waals surface area contributed by atoms with Gasteiger partial charge in [0.05, 0.1) is 46.0 Å². The SMILES string of the molecule is C=Nc1sc2c(c1C#N)=C(c1cc3nc(OCC4(CN5C[C@@H](C)OC[C@@H]5C)CC4)nc(N4CC5CCC(C4)N5)c3cn1)CC(F)C=2F. The van der Waals surface area contributed by atoms with E-state index in [9.17, 15) is 5.26 Å². The number of anilines is 1. The minimum atomic E-state index is -1.85. The third kappa shape index (κ3) is 5.59. The van der Waals surface area contributed by atoms with Crippen molar-refractivity contribution in [3.63, 3.8) is 0 Å². The number of ether oxygens (including phenoxy) is 2. The molecule has 246 valence electrons. The Morgan fingerprint density at radius 3 is 2.74 bits per heavy atom. The number of piperazine rings is 1. The Morgan fingerprint density at radius 2 is 2.02 bits per heavy atom. The minimum absolute atomic E-state index is 0.0515. The molecule has 0 spiro atoms. The molecule has 8 rings (SSSR count). The fourth-order valence-electron chi connectivity index (χ4n) is 7.63. The third-order valence-corrected chi connectivity index (χ3v) is 11.6. The quantitative estimate of drug-likeness (QED) is 0.363. The number of morpholine rings is 1. The first-order valence-electron chi connectivity index (χ1n) is 16.5. The maximum absolute atomic E-state index is 15.1. The van der Waals surface area contributed by atoms with Gasteiger partial charge in [0.2, 0.25) is 0 Å². The number of halogens is 2. The van der Waals surface area contributed by atoms with E-state index in [0.29, 0.717) is 52.7 Å². The van der Waals surface area contributed by atoms with Crippen molar-refractivity contribution in [3.8, 4) is 12.1 Å². The van der Waals surface area contributed by atoms with Crippen LogP contribution in [0.3, 0.4) is 0 Å². The summed E-state index contributed by atoms with van der Waals surface area (Å²) in [7, 11) is 0. The number of alkyl halides is 1. The largest absolute Gasteiger partial charge is 0.463 e. The zero-order valence-electron chi connectivity index (χ0n) is 26.6. The molecule has 0 amide bonds. The van der Waals surface area contributed by atoms with E-state index in [2.05, 4.69) is 46.7 Å². The lowest BCUT2D eigenvalue weighted by Gasteiger charge is -2.38. The van der Waals surface area contributed by atoms with Crippen LogP contribution in [0.1, 0.15) is 57.2 Å². The number of rotatable bonds is 8. The van der Waals surface area contributed by atoms with Gasteiger partial charge < -0.3 is 19.7 Å². The summed E-state index contributed by atoms with van der Waals surface area (Å²) in [6.45, 7) is 12.6. The summed E-state index contributed by atoms with van der Waals surface area (Å²) in [6.07, 6.45) is 4.26. The molecule has 0 radical (unpaired) electrons. The number of nitrogens with zero attached hydrogens (tertiary/aromatic N) is 7. The van der Waals surface area contributed by atoms with E-state index < -0.39 is 12.0 Å². The smallest absolute Gasteiger partial charge is 0.318 e. The van der Waals surface area contributed by atoms with Crippen molar-refractivity contribution < 1.29 is 18.3 Å². The lowest BCUT2D eigenvalue weighted by Crippen LogP contribution is -2.51. The maximum Gasteiger partial charge on any atom is 0.318 e. The normalized spacial score (nSPS) is 28.3. The van der Waals surface area contributed by atoms with E-state index in [1.54, 1.807) is 12.3 Å². The number of thiophene rings is 1. The van der Waals surface area contributed by atoms with Gasteiger partial charge in [-0.25, -0.2) is 8.78 Å². The number of aromatic nitrogens is 3. The first-order valence-corrected chi connectivity index (χ1v) is 17.3. The molecule has 3 aromatic heterocycles. The van der Waals surface area contributed by atoms with Crippen LogP contribution in [-0.4, -0.2) is 96.4 Å². The average molecular weight is 661 g/mol. The standard InChI is InChI=1S/C34H38F2N8O2S/c1-18-15-45-19(2)12-44(18)16-34(6-7-34)17-46-33-41-27-9-26(22-8-25(35)29(36)30-28(22)23(10-37)32(38-3)47-30)39-11-24(27)31(42-33)43-13-20-4-5-21(14-43)40-20/h9,11,18-21,25,40H,3-8,12-17H2,1-2H3/t18-,19+,20?,21?,25?/m0/s1. The molecule has 5 aliphatic rings. The summed E-state index contributed by atoms with van der Waals surface area (Å²) < 4.78 is 42.5. The molecule has 47 heavy (non-hydrogen) atoms. The Kier molecular flexibility index (Phi) is 7.74. The highest BCUT2D eigenvalue weighted by atomic mass is 32.1. The summed E-state index contributed by atoms with van der Waals surface area (Å²) in [5, 5.41) is 15.0. The van der Waals surface area contributed by atoms with Crippen LogP contribution in [0.4, 0.5) is 19.6 Å². The monoisotopic (exact) mass is 660 g/mol. The predicted octanol–water partition coefficient (Wildman–Crippen LogP) is 3.52. The maximum atomic E-state index is 15.1. The van der Waals surface area contributed by atoms with Gasteiger partial charge in [0.15, 0.2) is 12.0 Å². The summed E-state index contributed by atoms with van der Waals surface area (Å²) in [4.78, 5) is 23.3. The molecule has 1 N–H and O–H groups in total. The van der Waals surface area contributed by atoms with E-state index in [1.807, 2.05) is 0 Å². The molecule has 3 aliphatic heterocycles. The lowest BCUT2D eigenvalue weighted by molar-refractivity contribution is -0.0580. The van der Waals surface area contributed by atoms with Gasteiger partial charge in [-0.2, -0.15) is 15.2 Å². The number of hydrogen-bond acceptors (Lipinski definition) is 11. The Hall–Kier alpha value is -3.57. The molecule has 6 heterocycles. The Morgan fingerprint density at radius 1 is 1.23 bits per heavy atom. The van der Waals surface area contributed by atoms with Gasteiger partial charge in [-0.3, -0.25) is 14.9 Å². The van der Waals surface area contributed by atoms with Gasteiger partial charge in [-0.05, 0) is 57.9 Å². The highest BCUT2D eigenvalue weighted by molar-refractivity contribution is 7.14. The summed E-state index contributed by atoms with van der Waals surface area (Å²) in [5.41, 5.74) is 1.73. The van der Waals surface area contributed by atoms with Gasteiger partial charge in [0.1, 0.15) is 16.9 Å². The average Bonchev–Trinajstić information content (AvgIpc) is 3.61. The van der Waals surface area contributed by atoms with Crippen molar-refractivity contribution in [2.45, 2.75) is 76.4 Å². The van der Waals surface area contributed by atoms with Crippen LogP contribution in [0.2, 0.25) is 0 Å². The van der Waals surface area contributed by atoms with Crippen LogP contribution in [0.15, 0.2) is 17.3 Å². The zero-order valence-corrected chi connectivity index (χ0v) is 27.5. The first kappa shape index (κ1) is 30.7. The molecule has 3 unspecified atom stereocenters. The van der Waals surface area contributed by atoms with Crippen LogP contribution in [-0.2, 0) is 4.74 Å². The van der Waals surface area contributed by atoms with Gasteiger partial charge in [-0.1, -0.05) is 0 Å². The number of nitrogens with one attached hydrogen (secondary N) is 1. The number of aliphatic imine (C=N–C) groups is 1. The van der Waals surface area contributed by atoms with Crippen LogP contribution >= 0.6 is 11.3 Å². The minimum Gasteiger partial charge on any atom is -0.463 e. The molecule has 3 aromatic rings. The van der Waals surface area contributed by atoms with Crippen LogP contribution < -0.4 is 24.7 Å².